The van der Waals surface area contributed by atoms with Gasteiger partial charge in [0.05, 0.1) is 5.41 Å². The molecule has 0 bridgehead atoms. The number of hydrogen-bond acceptors (Lipinski definition) is 2. The number of unbranched alkanes of at least 4 members (excludes halogenated alkanes) is 1. The van der Waals surface area contributed by atoms with E-state index in [9.17, 15) is 9.59 Å². The molecular weight excluding hydrogens is 260 g/mol. The molecule has 0 unspecified atom stereocenters. The molecule has 88 valence electrons. The molecule has 0 rings (SSSR count). The molecule has 0 radical (unpaired) electrons. The van der Waals surface area contributed by atoms with E-state index in [1.165, 1.54) is 0 Å². The van der Waals surface area contributed by atoms with E-state index in [-0.39, 0.29) is 5.91 Å². The van der Waals surface area contributed by atoms with Crippen molar-refractivity contribution >= 4 is 27.7 Å². The summed E-state index contributed by atoms with van der Waals surface area (Å²) in [7, 11) is 0. The second kappa shape index (κ2) is 6.82. The van der Waals surface area contributed by atoms with E-state index in [0.29, 0.717) is 13.0 Å². The van der Waals surface area contributed by atoms with Gasteiger partial charge >= 0.3 is 0 Å². The molecule has 0 aliphatic heterocycles. The van der Waals surface area contributed by atoms with Crippen LogP contribution in [0.2, 0.25) is 0 Å². The lowest BCUT2D eigenvalue weighted by molar-refractivity contribution is -0.127. The summed E-state index contributed by atoms with van der Waals surface area (Å²) in [4.78, 5) is 22.3. The SMILES string of the molecule is CC(C)(CNC(=O)CCCCBr)C(N)=O. The Morgan fingerprint density at radius 3 is 2.40 bits per heavy atom. The standard InChI is InChI=1S/C10H19BrN2O2/c1-10(2,9(12)15)7-13-8(14)5-3-4-6-11/h3-7H2,1-2H3,(H2,12,15)(H,13,14). The van der Waals surface area contributed by atoms with Gasteiger partial charge in [-0.05, 0) is 26.7 Å². The molecule has 0 aliphatic carbocycles. The van der Waals surface area contributed by atoms with Crippen molar-refractivity contribution in [2.24, 2.45) is 11.1 Å². The maximum atomic E-state index is 11.3. The van der Waals surface area contributed by atoms with Gasteiger partial charge < -0.3 is 11.1 Å². The Balaban J connectivity index is 3.75. The molecule has 0 aromatic rings. The zero-order valence-corrected chi connectivity index (χ0v) is 10.9. The second-order valence-corrected chi connectivity index (χ2v) is 4.96. The lowest BCUT2D eigenvalue weighted by atomic mass is 9.93. The maximum absolute atomic E-state index is 11.3. The highest BCUT2D eigenvalue weighted by atomic mass is 79.9. The summed E-state index contributed by atoms with van der Waals surface area (Å²) in [5.74, 6) is -0.423. The average molecular weight is 279 g/mol. The summed E-state index contributed by atoms with van der Waals surface area (Å²) in [6.45, 7) is 3.73. The first-order valence-electron chi connectivity index (χ1n) is 5.02. The van der Waals surface area contributed by atoms with Gasteiger partial charge in [-0.3, -0.25) is 9.59 Å². The number of halogens is 1. The van der Waals surface area contributed by atoms with Crippen molar-refractivity contribution in [2.75, 3.05) is 11.9 Å². The highest BCUT2D eigenvalue weighted by Crippen LogP contribution is 2.11. The number of amides is 2. The topological polar surface area (TPSA) is 72.2 Å². The first kappa shape index (κ1) is 14.4. The fourth-order valence-corrected chi connectivity index (χ4v) is 1.27. The Bertz CT molecular complexity index is 229. The molecule has 0 spiro atoms. The molecule has 2 amide bonds. The quantitative estimate of drug-likeness (QED) is 0.542. The molecule has 0 atom stereocenters. The van der Waals surface area contributed by atoms with Crippen LogP contribution in [0.3, 0.4) is 0 Å². The summed E-state index contributed by atoms with van der Waals surface area (Å²) in [6, 6.07) is 0. The zero-order chi connectivity index (χ0) is 11.9. The first-order chi connectivity index (χ1) is 6.90. The van der Waals surface area contributed by atoms with Gasteiger partial charge in [-0.25, -0.2) is 0 Å². The highest BCUT2D eigenvalue weighted by Gasteiger charge is 2.25. The molecule has 0 fully saturated rings. The van der Waals surface area contributed by atoms with E-state index in [2.05, 4.69) is 21.2 Å². The molecule has 0 heterocycles. The monoisotopic (exact) mass is 278 g/mol. The molecule has 0 aliphatic rings. The van der Waals surface area contributed by atoms with E-state index in [1.807, 2.05) is 0 Å². The molecule has 4 nitrogen and oxygen atoms in total. The summed E-state index contributed by atoms with van der Waals surface area (Å²) < 4.78 is 0. The number of alkyl halides is 1. The van der Waals surface area contributed by atoms with Crippen LogP contribution in [0.4, 0.5) is 0 Å². The van der Waals surface area contributed by atoms with E-state index in [0.717, 1.165) is 18.2 Å². The number of rotatable bonds is 7. The van der Waals surface area contributed by atoms with Crippen LogP contribution in [0.15, 0.2) is 0 Å². The third-order valence-corrected chi connectivity index (χ3v) is 2.74. The van der Waals surface area contributed by atoms with Crippen LogP contribution < -0.4 is 11.1 Å². The number of nitrogens with two attached hydrogens (primary N) is 1. The van der Waals surface area contributed by atoms with Gasteiger partial charge in [0.1, 0.15) is 0 Å². The number of hydrogen-bond donors (Lipinski definition) is 2. The second-order valence-electron chi connectivity index (χ2n) is 4.17. The Kier molecular flexibility index (Phi) is 6.56. The summed E-state index contributed by atoms with van der Waals surface area (Å²) in [5, 5.41) is 3.62. The number of nitrogens with one attached hydrogen (secondary N) is 1. The highest BCUT2D eigenvalue weighted by molar-refractivity contribution is 9.09. The molecular formula is C10H19BrN2O2. The summed E-state index contributed by atoms with van der Waals surface area (Å²) >= 11 is 3.30. The van der Waals surface area contributed by atoms with Crippen LogP contribution in [0.25, 0.3) is 0 Å². The van der Waals surface area contributed by atoms with Crippen LogP contribution in [0, 0.1) is 5.41 Å². The third kappa shape index (κ3) is 6.49. The maximum Gasteiger partial charge on any atom is 0.224 e. The molecule has 0 saturated carbocycles. The number of carbonyl (C=O) groups excluding carboxylic acids is 2. The molecule has 0 aromatic heterocycles. The fourth-order valence-electron chi connectivity index (χ4n) is 0.875. The third-order valence-electron chi connectivity index (χ3n) is 2.18. The van der Waals surface area contributed by atoms with Crippen LogP contribution in [-0.4, -0.2) is 23.7 Å². The summed E-state index contributed by atoms with van der Waals surface area (Å²) in [6.07, 6.45) is 2.33. The Morgan fingerprint density at radius 2 is 1.93 bits per heavy atom. The van der Waals surface area contributed by atoms with Crippen molar-refractivity contribution in [3.63, 3.8) is 0 Å². The lowest BCUT2D eigenvalue weighted by Crippen LogP contribution is -2.42. The normalized spacial score (nSPS) is 11.1. The summed E-state index contributed by atoms with van der Waals surface area (Å²) in [5.41, 5.74) is 4.51. The Morgan fingerprint density at radius 1 is 1.33 bits per heavy atom. The van der Waals surface area contributed by atoms with Crippen molar-refractivity contribution < 1.29 is 9.59 Å². The Labute approximate surface area is 99.1 Å². The average Bonchev–Trinajstić information content (AvgIpc) is 2.15. The minimum atomic E-state index is -0.676. The number of carbonyl (C=O) groups is 2. The van der Waals surface area contributed by atoms with Gasteiger partial charge in [-0.1, -0.05) is 15.9 Å². The van der Waals surface area contributed by atoms with Crippen molar-refractivity contribution in [3.8, 4) is 0 Å². The molecule has 15 heavy (non-hydrogen) atoms. The largest absolute Gasteiger partial charge is 0.369 e. The molecule has 0 aromatic carbocycles. The fraction of sp³-hybridized carbons (Fsp3) is 0.800. The van der Waals surface area contributed by atoms with Gasteiger partial charge in [-0.15, -0.1) is 0 Å². The molecule has 3 N–H and O–H groups in total. The minimum absolute atomic E-state index is 0.0229. The van der Waals surface area contributed by atoms with Gasteiger partial charge in [0, 0.05) is 18.3 Å². The van der Waals surface area contributed by atoms with E-state index in [1.54, 1.807) is 13.8 Å². The Hall–Kier alpha value is -0.580. The minimum Gasteiger partial charge on any atom is -0.369 e. The smallest absolute Gasteiger partial charge is 0.224 e. The van der Waals surface area contributed by atoms with Crippen LogP contribution in [0.1, 0.15) is 33.1 Å². The lowest BCUT2D eigenvalue weighted by Gasteiger charge is -2.20. The van der Waals surface area contributed by atoms with Crippen molar-refractivity contribution in [2.45, 2.75) is 33.1 Å². The van der Waals surface area contributed by atoms with Crippen LogP contribution in [0.5, 0.6) is 0 Å². The van der Waals surface area contributed by atoms with Gasteiger partial charge in [0.25, 0.3) is 0 Å². The first-order valence-corrected chi connectivity index (χ1v) is 6.15. The van der Waals surface area contributed by atoms with Crippen molar-refractivity contribution in [1.29, 1.82) is 0 Å². The van der Waals surface area contributed by atoms with E-state index >= 15 is 0 Å². The van der Waals surface area contributed by atoms with E-state index < -0.39 is 11.3 Å². The van der Waals surface area contributed by atoms with Crippen LogP contribution in [-0.2, 0) is 9.59 Å². The van der Waals surface area contributed by atoms with Gasteiger partial charge in [0.15, 0.2) is 0 Å². The van der Waals surface area contributed by atoms with Gasteiger partial charge in [0.2, 0.25) is 11.8 Å². The van der Waals surface area contributed by atoms with Crippen molar-refractivity contribution in [1.82, 2.24) is 5.32 Å². The van der Waals surface area contributed by atoms with Gasteiger partial charge in [-0.2, -0.15) is 0 Å². The number of primary amides is 1. The van der Waals surface area contributed by atoms with Crippen molar-refractivity contribution in [3.05, 3.63) is 0 Å². The van der Waals surface area contributed by atoms with E-state index in [4.69, 9.17) is 5.73 Å². The predicted octanol–water partition coefficient (Wildman–Crippen LogP) is 1.18. The van der Waals surface area contributed by atoms with Crippen LogP contribution >= 0.6 is 15.9 Å². The zero-order valence-electron chi connectivity index (χ0n) is 9.31. The molecule has 0 saturated heterocycles. The molecule has 5 heteroatoms. The predicted molar refractivity (Wildman–Crippen MR) is 63.6 cm³/mol.